The maximum atomic E-state index is 6.73. The van der Waals surface area contributed by atoms with Gasteiger partial charge in [-0.05, 0) is 93.5 Å². The molecule has 0 amide bonds. The van der Waals surface area contributed by atoms with E-state index in [1.807, 2.05) is 42.5 Å². The van der Waals surface area contributed by atoms with Gasteiger partial charge in [-0.1, -0.05) is 142 Å². The molecule has 0 aliphatic heterocycles. The van der Waals surface area contributed by atoms with E-state index in [1.165, 1.54) is 33.5 Å². The SMILES string of the molecule is CC(C)c1cc(-c2ccccc2)cc(C(C)C)c1-n1c(-c2[c-]ccc3c2oc2cc(-c4ccccc4)ccc23)nc2ccccc21.[Ir].[c-]1ncccc1-c1ccccn1. The summed E-state index contributed by atoms with van der Waals surface area (Å²) < 4.78 is 9.10. The largest absolute Gasteiger partial charge is 0.501 e. The van der Waals surface area contributed by atoms with E-state index in [0.717, 1.165) is 61.2 Å². The van der Waals surface area contributed by atoms with Gasteiger partial charge in [0.2, 0.25) is 0 Å². The number of para-hydroxylation sites is 2. The van der Waals surface area contributed by atoms with Crippen molar-refractivity contribution in [3.63, 3.8) is 0 Å². The third kappa shape index (κ3) is 7.78. The maximum Gasteiger partial charge on any atom is 0.121 e. The first-order chi connectivity index (χ1) is 28.4. The minimum atomic E-state index is 0. The quantitative estimate of drug-likeness (QED) is 0.149. The molecule has 10 rings (SSSR count). The number of rotatable bonds is 7. The van der Waals surface area contributed by atoms with Crippen molar-refractivity contribution in [2.24, 2.45) is 0 Å². The predicted molar refractivity (Wildman–Crippen MR) is 238 cm³/mol. The fourth-order valence-corrected chi connectivity index (χ4v) is 7.74. The standard InChI is InChI=1S/C43H35N2O.C10H7N2.Ir/c1-27(2)36-24-32(30-16-9-6-10-17-30)25-37(28(3)4)41(36)45-39-21-12-11-20-38(39)44-43(45)35-19-13-18-34-33-23-22-31(26-40(33)46-42(34)35)29-14-7-5-8-15-29;1-2-7-12-10(5-1)9-4-3-6-11-8-9;/h5-18,20-28H,1-4H3;1-7H;/q2*-1;. The minimum absolute atomic E-state index is 0. The maximum absolute atomic E-state index is 6.73. The molecule has 0 bridgehead atoms. The second-order valence-electron chi connectivity index (χ2n) is 15.1. The Kier molecular flexibility index (Phi) is 11.5. The Hall–Kier alpha value is -6.46. The van der Waals surface area contributed by atoms with Crippen LogP contribution >= 0.6 is 0 Å². The van der Waals surface area contributed by atoms with E-state index in [-0.39, 0.29) is 31.9 Å². The molecule has 0 N–H and O–H groups in total. The van der Waals surface area contributed by atoms with Crippen LogP contribution in [0, 0.1) is 12.3 Å². The Morgan fingerprint density at radius 1 is 0.593 bits per heavy atom. The van der Waals surface area contributed by atoms with Gasteiger partial charge in [0, 0.05) is 37.4 Å². The number of hydrogen-bond donors (Lipinski definition) is 0. The normalized spacial score (nSPS) is 11.2. The van der Waals surface area contributed by atoms with Gasteiger partial charge < -0.3 is 19.0 Å². The van der Waals surface area contributed by atoms with Crippen molar-refractivity contribution in [2.75, 3.05) is 0 Å². The van der Waals surface area contributed by atoms with Crippen molar-refractivity contribution in [1.82, 2.24) is 19.5 Å². The van der Waals surface area contributed by atoms with Crippen LogP contribution < -0.4 is 0 Å². The van der Waals surface area contributed by atoms with Crippen LogP contribution in [0.2, 0.25) is 0 Å². The number of pyridine rings is 2. The average molecular weight is 943 g/mol. The fourth-order valence-electron chi connectivity index (χ4n) is 7.74. The monoisotopic (exact) mass is 943 g/mol. The second kappa shape index (κ2) is 17.2. The van der Waals surface area contributed by atoms with Crippen molar-refractivity contribution < 1.29 is 24.5 Å². The molecular weight excluding hydrogens is 901 g/mol. The summed E-state index contributed by atoms with van der Waals surface area (Å²) in [4.78, 5) is 13.4. The van der Waals surface area contributed by atoms with E-state index in [2.05, 4.69) is 170 Å². The summed E-state index contributed by atoms with van der Waals surface area (Å²) in [6.07, 6.45) is 6.33. The summed E-state index contributed by atoms with van der Waals surface area (Å²) in [5.74, 6) is 1.41. The summed E-state index contributed by atoms with van der Waals surface area (Å²) in [6.45, 7) is 9.14. The van der Waals surface area contributed by atoms with Gasteiger partial charge in [-0.2, -0.15) is 0 Å². The molecule has 10 aromatic rings. The van der Waals surface area contributed by atoms with Crippen LogP contribution in [-0.2, 0) is 20.1 Å². The van der Waals surface area contributed by atoms with Crippen LogP contribution in [0.25, 0.3) is 83.6 Å². The van der Waals surface area contributed by atoms with Gasteiger partial charge in [0.25, 0.3) is 0 Å². The van der Waals surface area contributed by atoms with Gasteiger partial charge in [-0.15, -0.1) is 35.9 Å². The summed E-state index contributed by atoms with van der Waals surface area (Å²) in [5.41, 5.74) is 14.9. The first kappa shape index (κ1) is 39.4. The second-order valence-corrected chi connectivity index (χ2v) is 15.1. The zero-order valence-electron chi connectivity index (χ0n) is 33.4. The van der Waals surface area contributed by atoms with Gasteiger partial charge in [0.1, 0.15) is 5.58 Å². The Bertz CT molecular complexity index is 2930. The van der Waals surface area contributed by atoms with Crippen molar-refractivity contribution in [2.45, 2.75) is 39.5 Å². The van der Waals surface area contributed by atoms with Crippen LogP contribution in [0.4, 0.5) is 0 Å². The molecule has 6 aromatic carbocycles. The first-order valence-electron chi connectivity index (χ1n) is 19.8. The molecule has 0 aliphatic rings. The van der Waals surface area contributed by atoms with E-state index < -0.39 is 0 Å². The Labute approximate surface area is 358 Å². The zero-order valence-corrected chi connectivity index (χ0v) is 35.7. The molecule has 0 spiro atoms. The van der Waals surface area contributed by atoms with Crippen LogP contribution in [0.15, 0.2) is 175 Å². The van der Waals surface area contributed by atoms with Gasteiger partial charge in [-0.3, -0.25) is 4.98 Å². The molecule has 0 saturated carbocycles. The number of imidazole rings is 1. The van der Waals surface area contributed by atoms with Crippen molar-refractivity contribution in [1.29, 1.82) is 0 Å². The molecule has 0 fully saturated rings. The summed E-state index contributed by atoms with van der Waals surface area (Å²) in [5, 5.41) is 2.15. The zero-order chi connectivity index (χ0) is 39.6. The number of furan rings is 1. The molecule has 0 saturated heterocycles. The summed E-state index contributed by atoms with van der Waals surface area (Å²) in [6, 6.07) is 58.1. The van der Waals surface area contributed by atoms with E-state index in [0.29, 0.717) is 0 Å². The third-order valence-electron chi connectivity index (χ3n) is 10.6. The number of benzene rings is 6. The fraction of sp³-hybridized carbons (Fsp3) is 0.113. The van der Waals surface area contributed by atoms with Crippen LogP contribution in [-0.4, -0.2) is 19.5 Å². The Morgan fingerprint density at radius 2 is 1.27 bits per heavy atom. The van der Waals surface area contributed by atoms with Crippen LogP contribution in [0.3, 0.4) is 0 Å². The van der Waals surface area contributed by atoms with Crippen LogP contribution in [0.5, 0.6) is 0 Å². The molecule has 0 aliphatic carbocycles. The molecule has 0 atom stereocenters. The number of nitrogens with zero attached hydrogens (tertiary/aromatic N) is 4. The van der Waals surface area contributed by atoms with Gasteiger partial charge in [0.05, 0.1) is 22.4 Å². The molecule has 291 valence electrons. The van der Waals surface area contributed by atoms with Gasteiger partial charge in [-0.25, -0.2) is 0 Å². The van der Waals surface area contributed by atoms with E-state index in [9.17, 15) is 0 Å². The smallest absolute Gasteiger partial charge is 0.121 e. The van der Waals surface area contributed by atoms with Crippen LogP contribution in [0.1, 0.15) is 50.7 Å². The average Bonchev–Trinajstić information content (AvgIpc) is 3.86. The van der Waals surface area contributed by atoms with Gasteiger partial charge in [0.15, 0.2) is 0 Å². The molecule has 0 unspecified atom stereocenters. The number of fused-ring (bicyclic) bond motifs is 4. The Balaban J connectivity index is 0.000000319. The summed E-state index contributed by atoms with van der Waals surface area (Å²) in [7, 11) is 0. The molecule has 4 heterocycles. The van der Waals surface area contributed by atoms with E-state index in [4.69, 9.17) is 9.40 Å². The molecule has 6 heteroatoms. The molecular formula is C53H42IrN4O-2. The van der Waals surface area contributed by atoms with Gasteiger partial charge >= 0.3 is 0 Å². The first-order valence-corrected chi connectivity index (χ1v) is 19.8. The number of aromatic nitrogens is 4. The number of hydrogen-bond acceptors (Lipinski definition) is 4. The topological polar surface area (TPSA) is 56.7 Å². The van der Waals surface area contributed by atoms with Crippen molar-refractivity contribution in [3.05, 3.63) is 194 Å². The molecule has 4 aromatic heterocycles. The van der Waals surface area contributed by atoms with Crippen molar-refractivity contribution in [3.8, 4) is 50.6 Å². The minimum Gasteiger partial charge on any atom is -0.501 e. The van der Waals surface area contributed by atoms with E-state index >= 15 is 0 Å². The molecule has 5 nitrogen and oxygen atoms in total. The van der Waals surface area contributed by atoms with Crippen molar-refractivity contribution >= 4 is 33.0 Å². The predicted octanol–water partition coefficient (Wildman–Crippen LogP) is 13.9. The molecule has 1 radical (unpaired) electrons. The third-order valence-corrected chi connectivity index (χ3v) is 10.6. The summed E-state index contributed by atoms with van der Waals surface area (Å²) >= 11 is 0. The van der Waals surface area contributed by atoms with E-state index in [1.54, 1.807) is 12.4 Å². The Morgan fingerprint density at radius 3 is 1.93 bits per heavy atom. The molecule has 59 heavy (non-hydrogen) atoms.